The molecule has 0 saturated heterocycles. The first-order valence-corrected chi connectivity index (χ1v) is 7.60. The van der Waals surface area contributed by atoms with E-state index in [1.807, 2.05) is 0 Å². The lowest BCUT2D eigenvalue weighted by atomic mass is 9.99. The van der Waals surface area contributed by atoms with Crippen LogP contribution in [0.15, 0.2) is 30.3 Å². The van der Waals surface area contributed by atoms with Gasteiger partial charge in [-0.2, -0.15) is 0 Å². The average molecular weight is 245 g/mol. The summed E-state index contributed by atoms with van der Waals surface area (Å²) in [6.07, 6.45) is 8.11. The zero-order chi connectivity index (χ0) is 12.8. The second kappa shape index (κ2) is 6.94. The highest BCUT2D eigenvalue weighted by molar-refractivity contribution is 5.19. The van der Waals surface area contributed by atoms with Gasteiger partial charge >= 0.3 is 0 Å². The molecule has 0 aliphatic heterocycles. The van der Waals surface area contributed by atoms with Crippen LogP contribution in [0.4, 0.5) is 0 Å². The monoisotopic (exact) mass is 245 g/mol. The summed E-state index contributed by atoms with van der Waals surface area (Å²) in [5.74, 6) is 1.01. The number of rotatable bonds is 8. The fourth-order valence-electron chi connectivity index (χ4n) is 2.70. The van der Waals surface area contributed by atoms with Crippen LogP contribution in [0.1, 0.15) is 64.0 Å². The van der Waals surface area contributed by atoms with Crippen molar-refractivity contribution in [2.24, 2.45) is 5.92 Å². The Bertz CT molecular complexity index is 329. The van der Waals surface area contributed by atoms with E-state index < -0.39 is 0 Å². The van der Waals surface area contributed by atoms with Crippen molar-refractivity contribution in [2.45, 2.75) is 64.5 Å². The molecule has 0 amide bonds. The van der Waals surface area contributed by atoms with Crippen LogP contribution in [0.5, 0.6) is 0 Å². The van der Waals surface area contributed by atoms with Crippen molar-refractivity contribution in [2.75, 3.05) is 0 Å². The predicted octanol–water partition coefficient (Wildman–Crippen LogP) is 4.70. The van der Waals surface area contributed by atoms with Crippen LogP contribution in [-0.4, -0.2) is 6.04 Å². The standard InChI is InChI=1S/C17H27N/c1-3-4-10-17(16-8-6-5-7-9-16)18-14(2)13-15-11-12-15/h5-9,14-15,17-18H,3-4,10-13H2,1-2H3. The maximum Gasteiger partial charge on any atom is 0.0322 e. The molecule has 0 radical (unpaired) electrons. The SMILES string of the molecule is CCCCC(NC(C)CC1CC1)c1ccccc1. The summed E-state index contributed by atoms with van der Waals surface area (Å²) in [4.78, 5) is 0. The van der Waals surface area contributed by atoms with Crippen LogP contribution in [0.2, 0.25) is 0 Å². The largest absolute Gasteiger partial charge is 0.307 e. The van der Waals surface area contributed by atoms with E-state index in [0.29, 0.717) is 12.1 Å². The van der Waals surface area contributed by atoms with Gasteiger partial charge in [0.25, 0.3) is 0 Å². The number of benzene rings is 1. The van der Waals surface area contributed by atoms with Crippen molar-refractivity contribution in [3.8, 4) is 0 Å². The quantitative estimate of drug-likeness (QED) is 0.700. The van der Waals surface area contributed by atoms with Crippen molar-refractivity contribution >= 4 is 0 Å². The molecule has 18 heavy (non-hydrogen) atoms. The van der Waals surface area contributed by atoms with E-state index in [4.69, 9.17) is 0 Å². The van der Waals surface area contributed by atoms with E-state index in [9.17, 15) is 0 Å². The summed E-state index contributed by atoms with van der Waals surface area (Å²) in [6.45, 7) is 4.62. The Morgan fingerprint density at radius 2 is 1.94 bits per heavy atom. The Labute approximate surface area is 112 Å². The molecular formula is C17H27N. The van der Waals surface area contributed by atoms with Gasteiger partial charge < -0.3 is 5.32 Å². The first kappa shape index (κ1) is 13.6. The van der Waals surface area contributed by atoms with Gasteiger partial charge in [-0.3, -0.25) is 0 Å². The maximum absolute atomic E-state index is 3.84. The van der Waals surface area contributed by atoms with Gasteiger partial charge in [0.15, 0.2) is 0 Å². The first-order valence-electron chi connectivity index (χ1n) is 7.60. The molecule has 100 valence electrons. The van der Waals surface area contributed by atoms with Gasteiger partial charge in [-0.15, -0.1) is 0 Å². The summed E-state index contributed by atoms with van der Waals surface area (Å²) >= 11 is 0. The highest BCUT2D eigenvalue weighted by Crippen LogP contribution is 2.34. The third-order valence-electron chi connectivity index (χ3n) is 3.92. The van der Waals surface area contributed by atoms with Crippen LogP contribution in [-0.2, 0) is 0 Å². The Balaban J connectivity index is 1.91. The third-order valence-corrected chi connectivity index (χ3v) is 3.92. The summed E-state index contributed by atoms with van der Waals surface area (Å²) in [5.41, 5.74) is 1.45. The number of hydrogen-bond donors (Lipinski definition) is 1. The Morgan fingerprint density at radius 1 is 1.22 bits per heavy atom. The smallest absolute Gasteiger partial charge is 0.0322 e. The van der Waals surface area contributed by atoms with Gasteiger partial charge in [-0.1, -0.05) is 62.9 Å². The van der Waals surface area contributed by atoms with E-state index in [1.54, 1.807) is 0 Å². The minimum Gasteiger partial charge on any atom is -0.307 e. The molecule has 1 fully saturated rings. The molecule has 1 aromatic carbocycles. The number of nitrogens with one attached hydrogen (secondary N) is 1. The number of hydrogen-bond acceptors (Lipinski definition) is 1. The van der Waals surface area contributed by atoms with E-state index in [-0.39, 0.29) is 0 Å². The van der Waals surface area contributed by atoms with Gasteiger partial charge in [-0.05, 0) is 31.2 Å². The molecule has 1 heteroatoms. The van der Waals surface area contributed by atoms with E-state index in [0.717, 1.165) is 5.92 Å². The first-order chi connectivity index (χ1) is 8.79. The van der Waals surface area contributed by atoms with Crippen molar-refractivity contribution in [1.82, 2.24) is 5.32 Å². The normalized spacial score (nSPS) is 18.6. The molecule has 1 N–H and O–H groups in total. The maximum atomic E-state index is 3.84. The molecule has 2 unspecified atom stereocenters. The average Bonchev–Trinajstić information content (AvgIpc) is 3.19. The topological polar surface area (TPSA) is 12.0 Å². The van der Waals surface area contributed by atoms with Crippen LogP contribution >= 0.6 is 0 Å². The fraction of sp³-hybridized carbons (Fsp3) is 0.647. The van der Waals surface area contributed by atoms with Crippen LogP contribution < -0.4 is 5.32 Å². The van der Waals surface area contributed by atoms with Crippen molar-refractivity contribution < 1.29 is 0 Å². The molecule has 0 heterocycles. The molecule has 0 bridgehead atoms. The number of unbranched alkanes of at least 4 members (excludes halogenated alkanes) is 1. The summed E-state index contributed by atoms with van der Waals surface area (Å²) in [7, 11) is 0. The molecule has 2 rings (SSSR count). The zero-order valence-electron chi connectivity index (χ0n) is 11.9. The lowest BCUT2D eigenvalue weighted by molar-refractivity contribution is 0.397. The predicted molar refractivity (Wildman–Crippen MR) is 78.6 cm³/mol. The molecule has 0 spiro atoms. The van der Waals surface area contributed by atoms with E-state index in [2.05, 4.69) is 49.5 Å². The Morgan fingerprint density at radius 3 is 2.56 bits per heavy atom. The Hall–Kier alpha value is -0.820. The van der Waals surface area contributed by atoms with E-state index >= 15 is 0 Å². The van der Waals surface area contributed by atoms with Crippen molar-refractivity contribution in [1.29, 1.82) is 0 Å². The fourth-order valence-corrected chi connectivity index (χ4v) is 2.70. The van der Waals surface area contributed by atoms with Crippen LogP contribution in [0, 0.1) is 5.92 Å². The molecular weight excluding hydrogens is 218 g/mol. The second-order valence-corrected chi connectivity index (χ2v) is 5.85. The van der Waals surface area contributed by atoms with Crippen molar-refractivity contribution in [3.63, 3.8) is 0 Å². The lowest BCUT2D eigenvalue weighted by Crippen LogP contribution is -2.31. The Kier molecular flexibility index (Phi) is 5.25. The minimum absolute atomic E-state index is 0.542. The molecule has 1 saturated carbocycles. The highest BCUT2D eigenvalue weighted by atomic mass is 14.9. The molecule has 1 nitrogen and oxygen atoms in total. The second-order valence-electron chi connectivity index (χ2n) is 5.85. The summed E-state index contributed by atoms with van der Waals surface area (Å²) in [5, 5.41) is 3.84. The summed E-state index contributed by atoms with van der Waals surface area (Å²) in [6, 6.07) is 12.1. The minimum atomic E-state index is 0.542. The van der Waals surface area contributed by atoms with Crippen LogP contribution in [0.25, 0.3) is 0 Å². The van der Waals surface area contributed by atoms with Gasteiger partial charge in [0.1, 0.15) is 0 Å². The zero-order valence-corrected chi connectivity index (χ0v) is 11.9. The summed E-state index contributed by atoms with van der Waals surface area (Å²) < 4.78 is 0. The highest BCUT2D eigenvalue weighted by Gasteiger charge is 2.24. The molecule has 2 atom stereocenters. The lowest BCUT2D eigenvalue weighted by Gasteiger charge is -2.24. The van der Waals surface area contributed by atoms with Crippen molar-refractivity contribution in [3.05, 3.63) is 35.9 Å². The molecule has 1 aliphatic rings. The van der Waals surface area contributed by atoms with Gasteiger partial charge in [0.2, 0.25) is 0 Å². The third kappa shape index (κ3) is 4.45. The molecule has 1 aliphatic carbocycles. The molecule has 1 aromatic rings. The van der Waals surface area contributed by atoms with Gasteiger partial charge in [0.05, 0.1) is 0 Å². The van der Waals surface area contributed by atoms with E-state index in [1.165, 1.54) is 44.1 Å². The van der Waals surface area contributed by atoms with Gasteiger partial charge in [-0.25, -0.2) is 0 Å². The molecule has 0 aromatic heterocycles. The van der Waals surface area contributed by atoms with Crippen LogP contribution in [0.3, 0.4) is 0 Å². The van der Waals surface area contributed by atoms with Gasteiger partial charge in [0, 0.05) is 12.1 Å².